The third-order valence-electron chi connectivity index (χ3n) is 6.73. The number of ether oxygens (including phenoxy) is 1. The zero-order valence-electron chi connectivity index (χ0n) is 19.0. The van der Waals surface area contributed by atoms with E-state index in [1.807, 2.05) is 6.07 Å². The lowest BCUT2D eigenvalue weighted by Crippen LogP contribution is -2.41. The molecule has 1 aliphatic heterocycles. The van der Waals surface area contributed by atoms with Crippen LogP contribution in [0.15, 0.2) is 38.8 Å². The van der Waals surface area contributed by atoms with Crippen LogP contribution in [0.2, 0.25) is 0 Å². The maximum atomic E-state index is 13.1. The number of benzene rings is 1. The molecule has 0 atom stereocenters. The molecule has 9 nitrogen and oxygen atoms in total. The van der Waals surface area contributed by atoms with Crippen molar-refractivity contribution in [2.45, 2.75) is 50.0 Å². The summed E-state index contributed by atoms with van der Waals surface area (Å²) in [6.45, 7) is 0.293. The van der Waals surface area contributed by atoms with Crippen LogP contribution in [0, 0.1) is 5.92 Å². The van der Waals surface area contributed by atoms with E-state index in [-0.39, 0.29) is 19.7 Å². The van der Waals surface area contributed by atoms with E-state index >= 15 is 0 Å². The number of hydrogen-bond donors (Lipinski definition) is 0. The van der Waals surface area contributed by atoms with Crippen molar-refractivity contribution in [1.29, 1.82) is 0 Å². The summed E-state index contributed by atoms with van der Waals surface area (Å²) >= 11 is 0. The fourth-order valence-corrected chi connectivity index (χ4v) is 6.05. The SMILES string of the molecule is Cn1c(COC(=O)C2CCN(S(=O)(=O)c3ccc4c(c3)CCCC4)CC2)cc(=O)n(C)c1=O. The zero-order valence-corrected chi connectivity index (χ0v) is 19.8. The molecule has 1 aliphatic carbocycles. The topological polar surface area (TPSA) is 108 Å². The van der Waals surface area contributed by atoms with Crippen LogP contribution in [0.3, 0.4) is 0 Å². The highest BCUT2D eigenvalue weighted by atomic mass is 32.2. The Kier molecular flexibility index (Phi) is 6.58. The Morgan fingerprint density at radius 2 is 1.67 bits per heavy atom. The van der Waals surface area contributed by atoms with Crippen LogP contribution in [-0.2, 0) is 53.1 Å². The summed E-state index contributed by atoms with van der Waals surface area (Å²) < 4.78 is 35.3. The monoisotopic (exact) mass is 475 g/mol. The molecule has 2 heterocycles. The third kappa shape index (κ3) is 4.67. The van der Waals surface area contributed by atoms with Crippen molar-refractivity contribution in [3.05, 3.63) is 61.9 Å². The number of aryl methyl sites for hydroxylation is 2. The molecule has 0 spiro atoms. The second-order valence-electron chi connectivity index (χ2n) is 8.80. The van der Waals surface area contributed by atoms with Gasteiger partial charge < -0.3 is 4.74 Å². The van der Waals surface area contributed by atoms with Gasteiger partial charge in [0.2, 0.25) is 10.0 Å². The second kappa shape index (κ2) is 9.26. The van der Waals surface area contributed by atoms with E-state index in [0.717, 1.165) is 35.8 Å². The fraction of sp³-hybridized carbons (Fsp3) is 0.522. The Hall–Kier alpha value is -2.72. The number of esters is 1. The normalized spacial score (nSPS) is 17.5. The first-order valence-electron chi connectivity index (χ1n) is 11.2. The van der Waals surface area contributed by atoms with Gasteiger partial charge in [0.15, 0.2) is 0 Å². The molecule has 0 radical (unpaired) electrons. The van der Waals surface area contributed by atoms with Crippen molar-refractivity contribution in [2.75, 3.05) is 13.1 Å². The first-order chi connectivity index (χ1) is 15.7. The Bertz CT molecular complexity index is 1290. The molecule has 0 saturated carbocycles. The number of fused-ring (bicyclic) bond motifs is 1. The van der Waals surface area contributed by atoms with Crippen LogP contribution < -0.4 is 11.2 Å². The smallest absolute Gasteiger partial charge is 0.330 e. The number of carbonyl (C=O) groups excluding carboxylic acids is 1. The highest BCUT2D eigenvalue weighted by Crippen LogP contribution is 2.28. The van der Waals surface area contributed by atoms with Crippen molar-refractivity contribution in [1.82, 2.24) is 13.4 Å². The lowest BCUT2D eigenvalue weighted by Gasteiger charge is -2.30. The molecule has 4 rings (SSSR count). The summed E-state index contributed by atoms with van der Waals surface area (Å²) in [6, 6.07) is 6.69. The van der Waals surface area contributed by atoms with Crippen LogP contribution in [-0.4, -0.2) is 40.9 Å². The highest BCUT2D eigenvalue weighted by Gasteiger charge is 2.33. The van der Waals surface area contributed by atoms with E-state index < -0.39 is 33.2 Å². The molecule has 1 aromatic carbocycles. The number of nitrogens with zero attached hydrogens (tertiary/aromatic N) is 3. The molecule has 0 amide bonds. The third-order valence-corrected chi connectivity index (χ3v) is 8.63. The minimum atomic E-state index is -3.61. The van der Waals surface area contributed by atoms with Gasteiger partial charge in [-0.15, -0.1) is 0 Å². The molecule has 2 aliphatic rings. The lowest BCUT2D eigenvalue weighted by molar-refractivity contribution is -0.151. The van der Waals surface area contributed by atoms with Crippen LogP contribution in [0.1, 0.15) is 42.5 Å². The Morgan fingerprint density at radius 3 is 2.36 bits per heavy atom. The number of piperidine rings is 1. The molecule has 1 fully saturated rings. The van der Waals surface area contributed by atoms with Gasteiger partial charge in [-0.05, 0) is 61.8 Å². The van der Waals surface area contributed by atoms with Crippen molar-refractivity contribution >= 4 is 16.0 Å². The minimum absolute atomic E-state index is 0.186. The van der Waals surface area contributed by atoms with Gasteiger partial charge in [-0.2, -0.15) is 4.31 Å². The lowest BCUT2D eigenvalue weighted by atomic mass is 9.92. The standard InChI is InChI=1S/C23H29N3O6S/c1-24-19(14-21(27)25(2)23(24)29)15-32-22(28)17-9-11-26(12-10-17)33(30,31)20-8-7-16-5-3-4-6-18(16)13-20/h7-8,13-14,17H,3-6,9-12,15H2,1-2H3. The molecule has 33 heavy (non-hydrogen) atoms. The van der Waals surface area contributed by atoms with E-state index in [1.165, 1.54) is 34.6 Å². The quantitative estimate of drug-likeness (QED) is 0.600. The summed E-state index contributed by atoms with van der Waals surface area (Å²) in [6.07, 6.45) is 4.84. The van der Waals surface area contributed by atoms with Gasteiger partial charge in [0, 0.05) is 33.3 Å². The molecular weight excluding hydrogens is 446 g/mol. The fourth-order valence-electron chi connectivity index (χ4n) is 4.53. The average molecular weight is 476 g/mol. The van der Waals surface area contributed by atoms with Gasteiger partial charge >= 0.3 is 11.7 Å². The predicted octanol–water partition coefficient (Wildman–Crippen LogP) is 1.11. The summed E-state index contributed by atoms with van der Waals surface area (Å²) in [4.78, 5) is 36.7. The van der Waals surface area contributed by atoms with E-state index in [9.17, 15) is 22.8 Å². The molecule has 2 aromatic rings. The number of aromatic nitrogens is 2. The highest BCUT2D eigenvalue weighted by molar-refractivity contribution is 7.89. The van der Waals surface area contributed by atoms with E-state index in [4.69, 9.17) is 4.74 Å². The molecule has 0 unspecified atom stereocenters. The van der Waals surface area contributed by atoms with E-state index in [2.05, 4.69) is 0 Å². The number of sulfonamides is 1. The van der Waals surface area contributed by atoms with Crippen LogP contribution in [0.25, 0.3) is 0 Å². The number of rotatable bonds is 5. The Morgan fingerprint density at radius 1 is 1.00 bits per heavy atom. The van der Waals surface area contributed by atoms with Gasteiger partial charge in [-0.3, -0.25) is 18.7 Å². The average Bonchev–Trinajstić information content (AvgIpc) is 2.83. The Balaban J connectivity index is 1.37. The van der Waals surface area contributed by atoms with Crippen molar-refractivity contribution in [3.8, 4) is 0 Å². The number of carbonyl (C=O) groups is 1. The first-order valence-corrected chi connectivity index (χ1v) is 12.7. The summed E-state index contributed by atoms with van der Waals surface area (Å²) in [5.74, 6) is -0.877. The minimum Gasteiger partial charge on any atom is -0.459 e. The molecule has 178 valence electrons. The molecule has 0 N–H and O–H groups in total. The largest absolute Gasteiger partial charge is 0.459 e. The van der Waals surface area contributed by atoms with Crippen LogP contribution in [0.4, 0.5) is 0 Å². The summed E-state index contributed by atoms with van der Waals surface area (Å²) in [5, 5.41) is 0. The summed E-state index contributed by atoms with van der Waals surface area (Å²) in [7, 11) is -0.723. The van der Waals surface area contributed by atoms with Gasteiger partial charge in [0.05, 0.1) is 16.5 Å². The molecule has 10 heteroatoms. The molecule has 1 aromatic heterocycles. The molecular formula is C23H29N3O6S. The predicted molar refractivity (Wildman–Crippen MR) is 121 cm³/mol. The van der Waals surface area contributed by atoms with Gasteiger partial charge in [-0.1, -0.05) is 6.07 Å². The van der Waals surface area contributed by atoms with Gasteiger partial charge in [-0.25, -0.2) is 13.2 Å². The Labute approximate surface area is 192 Å². The van der Waals surface area contributed by atoms with Crippen molar-refractivity contribution in [2.24, 2.45) is 20.0 Å². The van der Waals surface area contributed by atoms with E-state index in [1.54, 1.807) is 12.1 Å². The number of hydrogen-bond acceptors (Lipinski definition) is 6. The van der Waals surface area contributed by atoms with Gasteiger partial charge in [0.25, 0.3) is 5.56 Å². The summed E-state index contributed by atoms with van der Waals surface area (Å²) in [5.41, 5.74) is 1.70. The first kappa shape index (κ1) is 23.4. The van der Waals surface area contributed by atoms with E-state index in [0.29, 0.717) is 23.4 Å². The maximum Gasteiger partial charge on any atom is 0.330 e. The van der Waals surface area contributed by atoms with Crippen molar-refractivity contribution in [3.63, 3.8) is 0 Å². The van der Waals surface area contributed by atoms with Crippen LogP contribution >= 0.6 is 0 Å². The van der Waals surface area contributed by atoms with Gasteiger partial charge in [0.1, 0.15) is 6.61 Å². The molecule has 0 bridgehead atoms. The van der Waals surface area contributed by atoms with Crippen LogP contribution in [0.5, 0.6) is 0 Å². The van der Waals surface area contributed by atoms with Crippen molar-refractivity contribution < 1.29 is 17.9 Å². The second-order valence-corrected chi connectivity index (χ2v) is 10.7. The maximum absolute atomic E-state index is 13.1. The zero-order chi connectivity index (χ0) is 23.8. The molecule has 1 saturated heterocycles.